The topological polar surface area (TPSA) is 83.9 Å². The van der Waals surface area contributed by atoms with Gasteiger partial charge in [-0.25, -0.2) is 0 Å². The predicted molar refractivity (Wildman–Crippen MR) is 85.5 cm³/mol. The second-order valence-electron chi connectivity index (χ2n) is 5.77. The van der Waals surface area contributed by atoms with Crippen molar-refractivity contribution in [3.8, 4) is 0 Å². The molecule has 1 aliphatic rings. The van der Waals surface area contributed by atoms with Gasteiger partial charge in [-0.3, -0.25) is 9.59 Å². The van der Waals surface area contributed by atoms with Gasteiger partial charge in [-0.15, -0.1) is 0 Å². The van der Waals surface area contributed by atoms with Crippen LogP contribution in [0.25, 0.3) is 0 Å². The molecule has 24 heavy (non-hydrogen) atoms. The maximum atomic E-state index is 12.7. The van der Waals surface area contributed by atoms with Crippen molar-refractivity contribution in [3.05, 3.63) is 59.1 Å². The van der Waals surface area contributed by atoms with Crippen LogP contribution < -0.4 is 0 Å². The minimum Gasteiger partial charge on any atom is -0.503 e. The van der Waals surface area contributed by atoms with E-state index in [1.54, 1.807) is 25.1 Å². The van der Waals surface area contributed by atoms with Crippen molar-refractivity contribution >= 4 is 11.7 Å². The number of hydrogen-bond donors (Lipinski definition) is 1. The Morgan fingerprint density at radius 1 is 1.33 bits per heavy atom. The Bertz CT molecular complexity index is 784. The molecule has 1 unspecified atom stereocenters. The summed E-state index contributed by atoms with van der Waals surface area (Å²) in [7, 11) is 0. The van der Waals surface area contributed by atoms with Gasteiger partial charge in [-0.2, -0.15) is 0 Å². The Morgan fingerprint density at radius 3 is 2.71 bits per heavy atom. The van der Waals surface area contributed by atoms with E-state index in [-0.39, 0.29) is 11.3 Å². The van der Waals surface area contributed by atoms with Crippen molar-refractivity contribution in [3.63, 3.8) is 0 Å². The summed E-state index contributed by atoms with van der Waals surface area (Å²) >= 11 is 0. The number of carbonyl (C=O) groups is 2. The molecule has 1 atom stereocenters. The lowest BCUT2D eigenvalue weighted by atomic mass is 9.99. The zero-order valence-electron chi connectivity index (χ0n) is 13.6. The number of aliphatic hydroxyl groups excluding tert-OH is 1. The number of hydrogen-bond acceptors (Lipinski definition) is 5. The third kappa shape index (κ3) is 2.64. The molecule has 6 nitrogen and oxygen atoms in total. The first kappa shape index (κ1) is 16.1. The fourth-order valence-corrected chi connectivity index (χ4v) is 2.88. The average molecular weight is 329 g/mol. The van der Waals surface area contributed by atoms with Crippen LogP contribution >= 0.6 is 0 Å². The number of aryl methyl sites for hydroxylation is 1. The first-order chi connectivity index (χ1) is 11.5. The fourth-order valence-electron chi connectivity index (χ4n) is 2.88. The highest BCUT2D eigenvalue weighted by Crippen LogP contribution is 2.39. The molecule has 2 aromatic heterocycles. The van der Waals surface area contributed by atoms with Gasteiger partial charge in [-0.05, 0) is 37.6 Å². The lowest BCUT2D eigenvalue weighted by molar-refractivity contribution is -0.129. The van der Waals surface area contributed by atoms with Crippen molar-refractivity contribution in [2.75, 3.05) is 6.54 Å². The van der Waals surface area contributed by atoms with Crippen molar-refractivity contribution < 1.29 is 23.5 Å². The number of carbonyl (C=O) groups excluding carboxylic acids is 2. The molecule has 0 saturated heterocycles. The fraction of sp³-hybridized carbons (Fsp3) is 0.333. The zero-order valence-corrected chi connectivity index (χ0v) is 13.6. The number of rotatable bonds is 6. The minimum absolute atomic E-state index is 0.000373. The van der Waals surface area contributed by atoms with Crippen molar-refractivity contribution in [2.45, 2.75) is 32.7 Å². The summed E-state index contributed by atoms with van der Waals surface area (Å²) in [5.74, 6) is -0.400. The number of ketones is 1. The average Bonchev–Trinajstić information content (AvgIpc) is 3.28. The lowest BCUT2D eigenvalue weighted by Gasteiger charge is -2.24. The van der Waals surface area contributed by atoms with Crippen molar-refractivity contribution in [1.82, 2.24) is 4.90 Å². The number of aliphatic hydroxyl groups is 1. The summed E-state index contributed by atoms with van der Waals surface area (Å²) in [6.07, 6.45) is 3.02. The molecule has 0 radical (unpaired) electrons. The first-order valence-corrected chi connectivity index (χ1v) is 7.93. The quantitative estimate of drug-likeness (QED) is 0.819. The van der Waals surface area contributed by atoms with E-state index in [4.69, 9.17) is 8.83 Å². The second-order valence-corrected chi connectivity index (χ2v) is 5.77. The van der Waals surface area contributed by atoms with Crippen LogP contribution in [0.3, 0.4) is 0 Å². The lowest BCUT2D eigenvalue weighted by Crippen LogP contribution is -2.31. The number of unbranched alkanes of at least 4 members (excludes halogenated alkanes) is 1. The van der Waals surface area contributed by atoms with Gasteiger partial charge in [-0.1, -0.05) is 13.3 Å². The second kappa shape index (κ2) is 6.39. The molecule has 2 aromatic rings. The maximum Gasteiger partial charge on any atom is 0.290 e. The standard InChI is InChI=1S/C18H19NO5/c1-3-4-9-19-15(12-8-7-11(2)24-12)14(17(21)18(19)22)16(20)13-6-5-10-23-13/h5-8,10,15,21H,3-4,9H2,1-2H3. The Labute approximate surface area is 139 Å². The van der Waals surface area contributed by atoms with Crippen LogP contribution in [-0.4, -0.2) is 28.2 Å². The molecule has 3 heterocycles. The van der Waals surface area contributed by atoms with E-state index in [0.29, 0.717) is 18.1 Å². The van der Waals surface area contributed by atoms with Crippen LogP contribution in [0.2, 0.25) is 0 Å². The molecular formula is C18H19NO5. The highest BCUT2D eigenvalue weighted by atomic mass is 16.3. The van der Waals surface area contributed by atoms with E-state index in [1.807, 2.05) is 6.92 Å². The van der Waals surface area contributed by atoms with E-state index in [2.05, 4.69) is 0 Å². The van der Waals surface area contributed by atoms with Gasteiger partial charge < -0.3 is 18.8 Å². The van der Waals surface area contributed by atoms with Gasteiger partial charge >= 0.3 is 0 Å². The van der Waals surface area contributed by atoms with Gasteiger partial charge in [0.15, 0.2) is 11.5 Å². The molecule has 0 aromatic carbocycles. The largest absolute Gasteiger partial charge is 0.503 e. The van der Waals surface area contributed by atoms with Crippen LogP contribution in [0.4, 0.5) is 0 Å². The molecule has 6 heteroatoms. The summed E-state index contributed by atoms with van der Waals surface area (Å²) < 4.78 is 10.8. The van der Waals surface area contributed by atoms with E-state index in [9.17, 15) is 14.7 Å². The number of furan rings is 2. The first-order valence-electron chi connectivity index (χ1n) is 7.93. The molecular weight excluding hydrogens is 310 g/mol. The molecule has 0 spiro atoms. The van der Waals surface area contributed by atoms with Gasteiger partial charge in [0.1, 0.15) is 17.6 Å². The summed E-state index contributed by atoms with van der Waals surface area (Å²) in [5.41, 5.74) is 0.000373. The van der Waals surface area contributed by atoms with Gasteiger partial charge in [0, 0.05) is 6.54 Å². The van der Waals surface area contributed by atoms with Crippen molar-refractivity contribution in [1.29, 1.82) is 0 Å². The number of amides is 1. The van der Waals surface area contributed by atoms with Gasteiger partial charge in [0.05, 0.1) is 11.8 Å². The molecule has 0 aliphatic carbocycles. The van der Waals surface area contributed by atoms with Crippen LogP contribution in [0.1, 0.15) is 47.9 Å². The monoisotopic (exact) mass is 329 g/mol. The minimum atomic E-state index is -0.740. The van der Waals surface area contributed by atoms with Crippen LogP contribution in [0.5, 0.6) is 0 Å². The van der Waals surface area contributed by atoms with Crippen molar-refractivity contribution in [2.24, 2.45) is 0 Å². The maximum absolute atomic E-state index is 12.7. The predicted octanol–water partition coefficient (Wildman–Crippen LogP) is 3.56. The van der Waals surface area contributed by atoms with E-state index in [0.717, 1.165) is 12.8 Å². The van der Waals surface area contributed by atoms with Gasteiger partial charge in [0.2, 0.25) is 5.78 Å². The highest BCUT2D eigenvalue weighted by Gasteiger charge is 2.45. The SMILES string of the molecule is CCCCN1C(=O)C(O)=C(C(=O)c2ccco2)C1c1ccc(C)o1. The van der Waals surface area contributed by atoms with Crippen LogP contribution in [0, 0.1) is 6.92 Å². The molecule has 0 fully saturated rings. The molecule has 1 N–H and O–H groups in total. The third-order valence-electron chi connectivity index (χ3n) is 4.08. The van der Waals surface area contributed by atoms with Crippen LogP contribution in [0.15, 0.2) is 50.7 Å². The Balaban J connectivity index is 2.05. The number of Topliss-reactive ketones (excluding diaryl/α,β-unsaturated/α-hetero) is 1. The van der Waals surface area contributed by atoms with Crippen LogP contribution in [-0.2, 0) is 4.79 Å². The van der Waals surface area contributed by atoms with E-state index < -0.39 is 23.5 Å². The molecule has 1 aliphatic heterocycles. The molecule has 126 valence electrons. The molecule has 1 amide bonds. The summed E-state index contributed by atoms with van der Waals surface area (Å²) in [6.45, 7) is 4.22. The molecule has 0 bridgehead atoms. The summed E-state index contributed by atoms with van der Waals surface area (Å²) in [6, 6.07) is 5.84. The summed E-state index contributed by atoms with van der Waals surface area (Å²) in [5, 5.41) is 10.3. The zero-order chi connectivity index (χ0) is 17.3. The number of nitrogens with zero attached hydrogens (tertiary/aromatic N) is 1. The molecule has 0 saturated carbocycles. The highest BCUT2D eigenvalue weighted by molar-refractivity contribution is 6.14. The smallest absolute Gasteiger partial charge is 0.290 e. The third-order valence-corrected chi connectivity index (χ3v) is 4.08. The molecule has 3 rings (SSSR count). The van der Waals surface area contributed by atoms with E-state index in [1.165, 1.54) is 17.2 Å². The normalized spacial score (nSPS) is 17.8. The Morgan fingerprint density at radius 2 is 2.12 bits per heavy atom. The van der Waals surface area contributed by atoms with E-state index >= 15 is 0 Å². The Kier molecular flexibility index (Phi) is 4.29. The Hall–Kier alpha value is -2.76. The summed E-state index contributed by atoms with van der Waals surface area (Å²) in [4.78, 5) is 26.7. The van der Waals surface area contributed by atoms with Gasteiger partial charge in [0.25, 0.3) is 5.91 Å².